The molecule has 2 aromatic rings. The molecule has 0 aromatic carbocycles. The monoisotopic (exact) mass is 368 g/mol. The van der Waals surface area contributed by atoms with Gasteiger partial charge in [0.05, 0.1) is 33.9 Å². The minimum absolute atomic E-state index is 0.0663. The molecule has 24 heavy (non-hydrogen) atoms. The lowest BCUT2D eigenvalue weighted by molar-refractivity contribution is 0.102. The predicted octanol–water partition coefficient (Wildman–Crippen LogP) is 2.13. The Bertz CT molecular complexity index is 883. The Morgan fingerprint density at radius 2 is 2.21 bits per heavy atom. The number of hydrogen-bond donors (Lipinski definition) is 1. The summed E-state index contributed by atoms with van der Waals surface area (Å²) in [6.07, 6.45) is 1.21. The number of carbonyl (C=O) groups is 1. The lowest BCUT2D eigenvalue weighted by Crippen LogP contribution is -2.19. The number of anilines is 1. The van der Waals surface area contributed by atoms with E-state index in [1.54, 1.807) is 10.7 Å². The minimum Gasteiger partial charge on any atom is -0.306 e. The van der Waals surface area contributed by atoms with Crippen LogP contribution in [0.3, 0.4) is 0 Å². The van der Waals surface area contributed by atoms with E-state index in [0.29, 0.717) is 23.5 Å². The van der Waals surface area contributed by atoms with Crippen molar-refractivity contribution in [2.24, 2.45) is 0 Å². The van der Waals surface area contributed by atoms with E-state index in [0.717, 1.165) is 16.4 Å². The summed E-state index contributed by atoms with van der Waals surface area (Å²) in [5, 5.41) is 8.11. The third-order valence-electron chi connectivity index (χ3n) is 4.00. The zero-order valence-electron chi connectivity index (χ0n) is 13.9. The molecule has 0 bridgehead atoms. The van der Waals surface area contributed by atoms with Gasteiger partial charge in [0.1, 0.15) is 10.7 Å². The summed E-state index contributed by atoms with van der Waals surface area (Å²) >= 11 is 1.36. The molecule has 1 saturated heterocycles. The predicted molar refractivity (Wildman–Crippen MR) is 93.5 cm³/mol. The van der Waals surface area contributed by atoms with Crippen LogP contribution in [-0.2, 0) is 16.3 Å². The molecule has 0 aliphatic carbocycles. The molecule has 9 heteroatoms. The summed E-state index contributed by atoms with van der Waals surface area (Å²) < 4.78 is 25.1. The van der Waals surface area contributed by atoms with E-state index in [2.05, 4.69) is 15.4 Å². The Labute approximate surface area is 145 Å². The molecule has 1 amide bonds. The Morgan fingerprint density at radius 3 is 2.83 bits per heavy atom. The van der Waals surface area contributed by atoms with Crippen LogP contribution in [0.4, 0.5) is 5.82 Å². The molecule has 1 atom stereocenters. The molecule has 1 unspecified atom stereocenters. The van der Waals surface area contributed by atoms with Crippen LogP contribution in [-0.4, -0.2) is 40.6 Å². The highest BCUT2D eigenvalue weighted by Gasteiger charge is 2.31. The smallest absolute Gasteiger partial charge is 0.268 e. The summed E-state index contributed by atoms with van der Waals surface area (Å²) in [6.45, 7) is 5.66. The zero-order chi connectivity index (χ0) is 17.5. The van der Waals surface area contributed by atoms with Gasteiger partial charge in [-0.2, -0.15) is 5.10 Å². The highest BCUT2D eigenvalue weighted by molar-refractivity contribution is 7.91. The summed E-state index contributed by atoms with van der Waals surface area (Å²) in [7, 11) is -3.02. The number of thiazole rings is 1. The van der Waals surface area contributed by atoms with Gasteiger partial charge in [-0.05, 0) is 26.7 Å². The van der Waals surface area contributed by atoms with Crippen molar-refractivity contribution >= 4 is 32.9 Å². The van der Waals surface area contributed by atoms with E-state index < -0.39 is 9.84 Å². The molecule has 3 heterocycles. The SMILES string of the molecule is CCc1nc(C)sc1C(=O)Nc1cc(C)nn1C1CCS(=O)(=O)C1. The van der Waals surface area contributed by atoms with E-state index in [-0.39, 0.29) is 23.5 Å². The fourth-order valence-electron chi connectivity index (χ4n) is 2.92. The van der Waals surface area contributed by atoms with Crippen LogP contribution >= 0.6 is 11.3 Å². The third kappa shape index (κ3) is 3.36. The van der Waals surface area contributed by atoms with Gasteiger partial charge in [-0.1, -0.05) is 6.92 Å². The average molecular weight is 368 g/mol. The second-order valence-electron chi connectivity index (χ2n) is 5.99. The molecule has 1 aliphatic rings. The van der Waals surface area contributed by atoms with Crippen LogP contribution in [0.15, 0.2) is 6.07 Å². The first-order chi connectivity index (χ1) is 11.3. The molecule has 130 valence electrons. The van der Waals surface area contributed by atoms with Gasteiger partial charge in [0.15, 0.2) is 9.84 Å². The molecule has 2 aromatic heterocycles. The van der Waals surface area contributed by atoms with Crippen molar-refractivity contribution < 1.29 is 13.2 Å². The maximum Gasteiger partial charge on any atom is 0.268 e. The number of sulfone groups is 1. The second kappa shape index (κ2) is 6.29. The van der Waals surface area contributed by atoms with Gasteiger partial charge < -0.3 is 5.32 Å². The average Bonchev–Trinajstić information content (AvgIpc) is 3.16. The van der Waals surface area contributed by atoms with E-state index >= 15 is 0 Å². The lowest BCUT2D eigenvalue weighted by atomic mass is 10.2. The Balaban J connectivity index is 1.87. The number of aromatic nitrogens is 3. The number of hydrogen-bond acceptors (Lipinski definition) is 6. The Hall–Kier alpha value is -1.74. The maximum atomic E-state index is 12.6. The molecule has 1 N–H and O–H groups in total. The minimum atomic E-state index is -3.02. The fraction of sp³-hybridized carbons (Fsp3) is 0.533. The van der Waals surface area contributed by atoms with Crippen molar-refractivity contribution in [3.63, 3.8) is 0 Å². The molecule has 1 aliphatic heterocycles. The lowest BCUT2D eigenvalue weighted by Gasteiger charge is -2.13. The van der Waals surface area contributed by atoms with E-state index in [4.69, 9.17) is 0 Å². The molecular formula is C15H20N4O3S2. The molecule has 1 fully saturated rings. The number of rotatable bonds is 4. The third-order valence-corrected chi connectivity index (χ3v) is 6.76. The summed E-state index contributed by atoms with van der Waals surface area (Å²) in [5.41, 5.74) is 1.52. The molecule has 0 spiro atoms. The van der Waals surface area contributed by atoms with Gasteiger partial charge in [0, 0.05) is 6.07 Å². The van der Waals surface area contributed by atoms with E-state index in [1.807, 2.05) is 20.8 Å². The van der Waals surface area contributed by atoms with Gasteiger partial charge in [0.25, 0.3) is 5.91 Å². The van der Waals surface area contributed by atoms with Gasteiger partial charge in [-0.25, -0.2) is 18.1 Å². The van der Waals surface area contributed by atoms with Gasteiger partial charge in [-0.3, -0.25) is 4.79 Å². The second-order valence-corrected chi connectivity index (χ2v) is 9.42. The summed E-state index contributed by atoms with van der Waals surface area (Å²) in [5.74, 6) is 0.543. The Morgan fingerprint density at radius 1 is 1.46 bits per heavy atom. The molecule has 0 radical (unpaired) electrons. The van der Waals surface area contributed by atoms with Crippen molar-refractivity contribution in [3.05, 3.63) is 27.3 Å². The number of nitrogens with one attached hydrogen (secondary N) is 1. The topological polar surface area (TPSA) is 93.9 Å². The van der Waals surface area contributed by atoms with Crippen molar-refractivity contribution in [2.75, 3.05) is 16.8 Å². The molecular weight excluding hydrogens is 348 g/mol. The van der Waals surface area contributed by atoms with Crippen LogP contribution in [0.5, 0.6) is 0 Å². The quantitative estimate of drug-likeness (QED) is 0.892. The fourth-order valence-corrected chi connectivity index (χ4v) is 5.51. The zero-order valence-corrected chi connectivity index (χ0v) is 15.5. The van der Waals surface area contributed by atoms with Gasteiger partial charge in [-0.15, -0.1) is 11.3 Å². The van der Waals surface area contributed by atoms with Crippen molar-refractivity contribution in [2.45, 2.75) is 39.7 Å². The molecule has 7 nitrogen and oxygen atoms in total. The number of carbonyl (C=O) groups excluding carboxylic acids is 1. The number of nitrogens with zero attached hydrogens (tertiary/aromatic N) is 3. The first-order valence-corrected chi connectivity index (χ1v) is 10.5. The van der Waals surface area contributed by atoms with Crippen molar-refractivity contribution in [1.29, 1.82) is 0 Å². The highest BCUT2D eigenvalue weighted by Crippen LogP contribution is 2.28. The number of aryl methyl sites for hydroxylation is 3. The van der Waals surface area contributed by atoms with Crippen LogP contribution in [0.1, 0.15) is 45.5 Å². The van der Waals surface area contributed by atoms with Crippen LogP contribution in [0.25, 0.3) is 0 Å². The first-order valence-electron chi connectivity index (χ1n) is 7.83. The van der Waals surface area contributed by atoms with Gasteiger partial charge >= 0.3 is 0 Å². The van der Waals surface area contributed by atoms with Crippen LogP contribution in [0, 0.1) is 13.8 Å². The maximum absolute atomic E-state index is 12.6. The summed E-state index contributed by atoms with van der Waals surface area (Å²) in [6, 6.07) is 1.54. The highest BCUT2D eigenvalue weighted by atomic mass is 32.2. The van der Waals surface area contributed by atoms with Crippen LogP contribution in [0.2, 0.25) is 0 Å². The molecule has 0 saturated carbocycles. The van der Waals surface area contributed by atoms with Crippen molar-refractivity contribution in [1.82, 2.24) is 14.8 Å². The summed E-state index contributed by atoms with van der Waals surface area (Å²) in [4.78, 5) is 17.6. The standard InChI is InChI=1S/C15H20N4O3S2/c1-4-12-14(23-10(3)16-12)15(20)17-13-7-9(2)18-19(13)11-5-6-24(21,22)8-11/h7,11H,4-6,8H2,1-3H3,(H,17,20). The Kier molecular flexibility index (Phi) is 4.48. The molecule has 3 rings (SSSR count). The van der Waals surface area contributed by atoms with Gasteiger partial charge in [0.2, 0.25) is 0 Å². The normalized spacial score (nSPS) is 19.5. The van der Waals surface area contributed by atoms with Crippen LogP contribution < -0.4 is 5.32 Å². The van der Waals surface area contributed by atoms with E-state index in [1.165, 1.54) is 11.3 Å². The van der Waals surface area contributed by atoms with E-state index in [9.17, 15) is 13.2 Å². The number of amides is 1. The van der Waals surface area contributed by atoms with Crippen molar-refractivity contribution in [3.8, 4) is 0 Å². The largest absolute Gasteiger partial charge is 0.306 e. The first kappa shape index (κ1) is 17.1.